The molecule has 4 unspecified atom stereocenters. The predicted octanol–water partition coefficient (Wildman–Crippen LogP) is 0.345. The fraction of sp³-hybridized carbons (Fsp3) is 1.00. The van der Waals surface area contributed by atoms with Gasteiger partial charge < -0.3 is 20.9 Å². The van der Waals surface area contributed by atoms with E-state index in [9.17, 15) is 0 Å². The minimum Gasteiger partial charge on any atom is -0.396 e. The Morgan fingerprint density at radius 1 is 1.40 bits per heavy atom. The van der Waals surface area contributed by atoms with Gasteiger partial charge in [-0.25, -0.2) is 0 Å². The van der Waals surface area contributed by atoms with E-state index >= 15 is 0 Å². The van der Waals surface area contributed by atoms with Crippen molar-refractivity contribution in [3.63, 3.8) is 0 Å². The fourth-order valence-corrected chi connectivity index (χ4v) is 1.42. The van der Waals surface area contributed by atoms with Crippen LogP contribution in [0.15, 0.2) is 0 Å². The van der Waals surface area contributed by atoms with E-state index in [4.69, 9.17) is 15.6 Å². The average molecular weight is 218 g/mol. The second-order valence-electron chi connectivity index (χ2n) is 4.59. The fourth-order valence-electron chi connectivity index (χ4n) is 1.42. The Morgan fingerprint density at radius 2 is 1.93 bits per heavy atom. The molecule has 0 rings (SSSR count). The largest absolute Gasteiger partial charge is 0.396 e. The van der Waals surface area contributed by atoms with Gasteiger partial charge in [-0.15, -0.1) is 0 Å². The molecule has 0 aliphatic heterocycles. The molecule has 0 fully saturated rings. The lowest BCUT2D eigenvalue weighted by molar-refractivity contribution is 0.0310. The van der Waals surface area contributed by atoms with E-state index in [2.05, 4.69) is 12.2 Å². The van der Waals surface area contributed by atoms with Crippen molar-refractivity contribution in [2.24, 2.45) is 11.7 Å². The van der Waals surface area contributed by atoms with E-state index in [1.807, 2.05) is 20.8 Å². The third kappa shape index (κ3) is 4.07. The van der Waals surface area contributed by atoms with Gasteiger partial charge in [0.1, 0.15) is 0 Å². The minimum absolute atomic E-state index is 0.0378. The van der Waals surface area contributed by atoms with Gasteiger partial charge in [-0.3, -0.25) is 0 Å². The smallest absolute Gasteiger partial charge is 0.0734 e. The van der Waals surface area contributed by atoms with Gasteiger partial charge in [0.25, 0.3) is 0 Å². The molecule has 0 spiro atoms. The van der Waals surface area contributed by atoms with Crippen LogP contribution in [-0.2, 0) is 4.74 Å². The van der Waals surface area contributed by atoms with Crippen molar-refractivity contribution in [2.45, 2.75) is 45.4 Å². The van der Waals surface area contributed by atoms with Crippen molar-refractivity contribution in [3.8, 4) is 0 Å². The third-order valence-electron chi connectivity index (χ3n) is 3.37. The van der Waals surface area contributed by atoms with Gasteiger partial charge >= 0.3 is 0 Å². The summed E-state index contributed by atoms with van der Waals surface area (Å²) in [6.07, 6.45) is 0.0378. The Labute approximate surface area is 93.2 Å². The number of methoxy groups -OCH3 is 1. The zero-order valence-corrected chi connectivity index (χ0v) is 10.6. The second kappa shape index (κ2) is 6.43. The van der Waals surface area contributed by atoms with Crippen molar-refractivity contribution in [1.29, 1.82) is 0 Å². The molecule has 0 aliphatic carbocycles. The van der Waals surface area contributed by atoms with Crippen LogP contribution in [0, 0.1) is 5.92 Å². The molecule has 0 saturated carbocycles. The van der Waals surface area contributed by atoms with Crippen LogP contribution in [0.3, 0.4) is 0 Å². The molecule has 92 valence electrons. The van der Waals surface area contributed by atoms with Gasteiger partial charge in [-0.05, 0) is 26.7 Å². The van der Waals surface area contributed by atoms with Gasteiger partial charge in [0.15, 0.2) is 0 Å². The molecule has 4 atom stereocenters. The SMILES string of the molecule is COC(C)C(C)(CN)NC(C)C(C)CO. The lowest BCUT2D eigenvalue weighted by Gasteiger charge is -2.38. The molecular formula is C11H26N2O2. The van der Waals surface area contributed by atoms with E-state index in [1.165, 1.54) is 0 Å². The van der Waals surface area contributed by atoms with Crippen LogP contribution in [0.5, 0.6) is 0 Å². The molecule has 0 heterocycles. The Bertz CT molecular complexity index is 178. The van der Waals surface area contributed by atoms with Gasteiger partial charge in [-0.2, -0.15) is 0 Å². The number of aliphatic hydroxyl groups excluding tert-OH is 1. The summed E-state index contributed by atoms with van der Waals surface area (Å²) in [5, 5.41) is 12.5. The van der Waals surface area contributed by atoms with Crippen LogP contribution in [0.1, 0.15) is 27.7 Å². The first-order chi connectivity index (χ1) is 6.91. The zero-order valence-electron chi connectivity index (χ0n) is 10.6. The van der Waals surface area contributed by atoms with E-state index in [0.717, 1.165) is 0 Å². The van der Waals surface area contributed by atoms with Crippen LogP contribution >= 0.6 is 0 Å². The minimum atomic E-state index is -0.252. The van der Waals surface area contributed by atoms with E-state index < -0.39 is 0 Å². The van der Waals surface area contributed by atoms with Crippen molar-refractivity contribution in [2.75, 3.05) is 20.3 Å². The predicted molar refractivity (Wildman–Crippen MR) is 62.8 cm³/mol. The molecular weight excluding hydrogens is 192 g/mol. The molecule has 4 nitrogen and oxygen atoms in total. The normalized spacial score (nSPS) is 21.8. The summed E-state index contributed by atoms with van der Waals surface area (Å²) in [6.45, 7) is 8.78. The molecule has 0 bridgehead atoms. The highest BCUT2D eigenvalue weighted by atomic mass is 16.5. The molecule has 0 aromatic heterocycles. The topological polar surface area (TPSA) is 67.5 Å². The summed E-state index contributed by atoms with van der Waals surface area (Å²) in [5.41, 5.74) is 5.52. The number of aliphatic hydroxyl groups is 1. The van der Waals surface area contributed by atoms with Gasteiger partial charge in [0.05, 0.1) is 11.6 Å². The molecule has 0 aromatic carbocycles. The first-order valence-electron chi connectivity index (χ1n) is 5.52. The van der Waals surface area contributed by atoms with Crippen LogP contribution in [-0.4, -0.2) is 43.1 Å². The Morgan fingerprint density at radius 3 is 2.27 bits per heavy atom. The average Bonchev–Trinajstić information content (AvgIpc) is 2.26. The maximum Gasteiger partial charge on any atom is 0.0734 e. The molecule has 4 N–H and O–H groups in total. The Hall–Kier alpha value is -0.160. The molecule has 0 radical (unpaired) electrons. The molecule has 0 aromatic rings. The quantitative estimate of drug-likeness (QED) is 0.576. The zero-order chi connectivity index (χ0) is 12.1. The van der Waals surface area contributed by atoms with Crippen LogP contribution < -0.4 is 11.1 Å². The number of rotatable bonds is 7. The third-order valence-corrected chi connectivity index (χ3v) is 3.37. The number of nitrogens with two attached hydrogens (primary N) is 1. The summed E-state index contributed by atoms with van der Waals surface area (Å²) in [4.78, 5) is 0. The summed E-state index contributed by atoms with van der Waals surface area (Å²) in [7, 11) is 1.68. The Balaban J connectivity index is 4.42. The molecule has 0 amide bonds. The standard InChI is InChI=1S/C11H26N2O2/c1-8(6-14)9(2)13-11(4,7-12)10(3)15-5/h8-10,13-14H,6-7,12H2,1-5H3. The highest BCUT2D eigenvalue weighted by Crippen LogP contribution is 2.14. The summed E-state index contributed by atoms with van der Waals surface area (Å²) in [6, 6.07) is 0.209. The maximum absolute atomic E-state index is 9.07. The first kappa shape index (κ1) is 14.8. The van der Waals surface area contributed by atoms with E-state index in [-0.39, 0.29) is 30.2 Å². The van der Waals surface area contributed by atoms with Crippen molar-refractivity contribution in [3.05, 3.63) is 0 Å². The summed E-state index contributed by atoms with van der Waals surface area (Å²) in [5.74, 6) is 0.208. The number of ether oxygens (including phenoxy) is 1. The van der Waals surface area contributed by atoms with Crippen LogP contribution in [0.4, 0.5) is 0 Å². The van der Waals surface area contributed by atoms with Crippen molar-refractivity contribution in [1.82, 2.24) is 5.32 Å². The summed E-state index contributed by atoms with van der Waals surface area (Å²) >= 11 is 0. The molecule has 0 saturated heterocycles. The van der Waals surface area contributed by atoms with E-state index in [1.54, 1.807) is 7.11 Å². The van der Waals surface area contributed by atoms with Gasteiger partial charge in [0.2, 0.25) is 0 Å². The molecule has 15 heavy (non-hydrogen) atoms. The lowest BCUT2D eigenvalue weighted by Crippen LogP contribution is -2.60. The summed E-state index contributed by atoms with van der Waals surface area (Å²) < 4.78 is 5.32. The van der Waals surface area contributed by atoms with Crippen molar-refractivity contribution >= 4 is 0 Å². The maximum atomic E-state index is 9.07. The van der Waals surface area contributed by atoms with Crippen molar-refractivity contribution < 1.29 is 9.84 Å². The Kier molecular flexibility index (Phi) is 6.36. The lowest BCUT2D eigenvalue weighted by atomic mass is 9.92. The van der Waals surface area contributed by atoms with Gasteiger partial charge in [0, 0.05) is 26.3 Å². The highest BCUT2D eigenvalue weighted by molar-refractivity contribution is 4.93. The first-order valence-corrected chi connectivity index (χ1v) is 5.52. The van der Waals surface area contributed by atoms with Gasteiger partial charge in [-0.1, -0.05) is 6.92 Å². The number of nitrogens with one attached hydrogen (secondary N) is 1. The second-order valence-corrected chi connectivity index (χ2v) is 4.59. The monoisotopic (exact) mass is 218 g/mol. The van der Waals surface area contributed by atoms with Crippen LogP contribution in [0.25, 0.3) is 0 Å². The molecule has 4 heteroatoms. The highest BCUT2D eigenvalue weighted by Gasteiger charge is 2.32. The molecule has 0 aliphatic rings. The van der Waals surface area contributed by atoms with Crippen LogP contribution in [0.2, 0.25) is 0 Å². The van der Waals surface area contributed by atoms with E-state index in [0.29, 0.717) is 6.54 Å². The number of hydrogen-bond acceptors (Lipinski definition) is 4. The number of hydrogen-bond donors (Lipinski definition) is 3.